The molecule has 0 radical (unpaired) electrons. The molecule has 1 unspecified atom stereocenters. The average molecular weight is 293 g/mol. The molecule has 0 aliphatic heterocycles. The van der Waals surface area contributed by atoms with E-state index in [-0.39, 0.29) is 11.6 Å². The highest BCUT2D eigenvalue weighted by Gasteiger charge is 2.21. The third-order valence-electron chi connectivity index (χ3n) is 3.32. The number of benzene rings is 1. The van der Waals surface area contributed by atoms with E-state index >= 15 is 0 Å². The predicted octanol–water partition coefficient (Wildman–Crippen LogP) is 3.65. The summed E-state index contributed by atoms with van der Waals surface area (Å²) in [7, 11) is 1.79. The first-order chi connectivity index (χ1) is 9.50. The van der Waals surface area contributed by atoms with Gasteiger partial charge in [0, 0.05) is 24.4 Å². The van der Waals surface area contributed by atoms with Gasteiger partial charge in [0.25, 0.3) is 0 Å². The summed E-state index contributed by atoms with van der Waals surface area (Å²) < 4.78 is 13.7. The van der Waals surface area contributed by atoms with Crippen LogP contribution in [0.4, 0.5) is 10.1 Å². The molecule has 0 amide bonds. The lowest BCUT2D eigenvalue weighted by molar-refractivity contribution is 0.0692. The standard InChI is InChI=1S/C15H16FNO2S/c1-10(9-11-5-4-8-20-11)17(2)13-7-3-6-12(16)14(13)15(18)19/h3-8,10H,9H2,1-2H3,(H,18,19). The molecule has 0 fully saturated rings. The van der Waals surface area contributed by atoms with Gasteiger partial charge in [-0.05, 0) is 30.5 Å². The fourth-order valence-corrected chi connectivity index (χ4v) is 2.94. The Bertz CT molecular complexity index is 598. The predicted molar refractivity (Wildman–Crippen MR) is 79.2 cm³/mol. The molecule has 106 valence electrons. The van der Waals surface area contributed by atoms with Gasteiger partial charge in [-0.3, -0.25) is 0 Å². The molecule has 0 aliphatic rings. The van der Waals surface area contributed by atoms with Crippen LogP contribution in [0.5, 0.6) is 0 Å². The maximum Gasteiger partial charge on any atom is 0.340 e. The van der Waals surface area contributed by atoms with Gasteiger partial charge < -0.3 is 10.0 Å². The lowest BCUT2D eigenvalue weighted by Crippen LogP contribution is -2.32. The number of anilines is 1. The van der Waals surface area contributed by atoms with Crippen molar-refractivity contribution in [2.24, 2.45) is 0 Å². The molecule has 1 aromatic carbocycles. The minimum Gasteiger partial charge on any atom is -0.478 e. The highest BCUT2D eigenvalue weighted by atomic mass is 32.1. The summed E-state index contributed by atoms with van der Waals surface area (Å²) in [6.45, 7) is 2.00. The first-order valence-corrected chi connectivity index (χ1v) is 7.15. The summed E-state index contributed by atoms with van der Waals surface area (Å²) in [5.41, 5.74) is 0.134. The number of carboxylic acid groups (broad SMARTS) is 1. The second kappa shape index (κ2) is 6.05. The van der Waals surface area contributed by atoms with Crippen LogP contribution in [0.15, 0.2) is 35.7 Å². The molecule has 1 heterocycles. The number of aromatic carboxylic acids is 1. The maximum absolute atomic E-state index is 13.7. The maximum atomic E-state index is 13.7. The normalized spacial score (nSPS) is 12.2. The van der Waals surface area contributed by atoms with E-state index in [1.807, 2.05) is 29.3 Å². The van der Waals surface area contributed by atoms with Gasteiger partial charge in [0.1, 0.15) is 11.4 Å². The molecule has 20 heavy (non-hydrogen) atoms. The Morgan fingerprint density at radius 2 is 2.15 bits per heavy atom. The van der Waals surface area contributed by atoms with E-state index in [4.69, 9.17) is 5.11 Å². The Morgan fingerprint density at radius 1 is 1.40 bits per heavy atom. The van der Waals surface area contributed by atoms with Crippen LogP contribution in [-0.2, 0) is 6.42 Å². The first-order valence-electron chi connectivity index (χ1n) is 6.27. The van der Waals surface area contributed by atoms with Crippen molar-refractivity contribution in [2.45, 2.75) is 19.4 Å². The summed E-state index contributed by atoms with van der Waals surface area (Å²) in [5, 5.41) is 11.2. The number of carboxylic acids is 1. The number of hydrogen-bond acceptors (Lipinski definition) is 3. The summed E-state index contributed by atoms with van der Waals surface area (Å²) in [6, 6.07) is 8.44. The zero-order valence-corrected chi connectivity index (χ0v) is 12.2. The lowest BCUT2D eigenvalue weighted by Gasteiger charge is -2.28. The van der Waals surface area contributed by atoms with Crippen LogP contribution in [0.25, 0.3) is 0 Å². The van der Waals surface area contributed by atoms with E-state index in [0.29, 0.717) is 5.69 Å². The molecule has 0 saturated heterocycles. The smallest absolute Gasteiger partial charge is 0.340 e. The van der Waals surface area contributed by atoms with Crippen molar-refractivity contribution in [1.29, 1.82) is 0 Å². The van der Waals surface area contributed by atoms with Gasteiger partial charge in [0.05, 0.1) is 5.69 Å². The van der Waals surface area contributed by atoms with Gasteiger partial charge >= 0.3 is 5.97 Å². The molecule has 0 bridgehead atoms. The van der Waals surface area contributed by atoms with Gasteiger partial charge in [-0.15, -0.1) is 11.3 Å². The topological polar surface area (TPSA) is 40.5 Å². The van der Waals surface area contributed by atoms with E-state index < -0.39 is 11.8 Å². The molecule has 2 rings (SSSR count). The zero-order valence-electron chi connectivity index (χ0n) is 11.3. The Morgan fingerprint density at radius 3 is 2.75 bits per heavy atom. The Labute approximate surface area is 121 Å². The Kier molecular flexibility index (Phi) is 4.39. The third-order valence-corrected chi connectivity index (χ3v) is 4.22. The van der Waals surface area contributed by atoms with Crippen LogP contribution in [0.2, 0.25) is 0 Å². The highest BCUT2D eigenvalue weighted by Crippen LogP contribution is 2.25. The first kappa shape index (κ1) is 14.5. The van der Waals surface area contributed by atoms with Crippen LogP contribution >= 0.6 is 11.3 Å². The van der Waals surface area contributed by atoms with Crippen molar-refractivity contribution in [3.8, 4) is 0 Å². The van der Waals surface area contributed by atoms with Crippen molar-refractivity contribution in [2.75, 3.05) is 11.9 Å². The second-order valence-electron chi connectivity index (χ2n) is 4.68. The van der Waals surface area contributed by atoms with E-state index in [1.54, 1.807) is 24.5 Å². The zero-order chi connectivity index (χ0) is 14.7. The Hall–Kier alpha value is -1.88. The second-order valence-corrected chi connectivity index (χ2v) is 5.71. The van der Waals surface area contributed by atoms with Gasteiger partial charge in [-0.25, -0.2) is 9.18 Å². The quantitative estimate of drug-likeness (QED) is 0.914. The van der Waals surface area contributed by atoms with Crippen molar-refractivity contribution >= 4 is 23.0 Å². The molecular weight excluding hydrogens is 277 g/mol. The molecule has 1 N–H and O–H groups in total. The van der Waals surface area contributed by atoms with Crippen LogP contribution in [-0.4, -0.2) is 24.2 Å². The fourth-order valence-electron chi connectivity index (χ4n) is 2.11. The number of thiophene rings is 1. The number of hydrogen-bond donors (Lipinski definition) is 1. The van der Waals surface area contributed by atoms with Crippen molar-refractivity contribution < 1.29 is 14.3 Å². The number of likely N-dealkylation sites (N-methyl/N-ethyl adjacent to an activating group) is 1. The van der Waals surface area contributed by atoms with Gasteiger partial charge in [0.2, 0.25) is 0 Å². The van der Waals surface area contributed by atoms with Gasteiger partial charge in [0.15, 0.2) is 0 Å². The molecule has 5 heteroatoms. The Balaban J connectivity index is 2.26. The summed E-state index contributed by atoms with van der Waals surface area (Å²) in [5.74, 6) is -1.95. The number of nitrogens with zero attached hydrogens (tertiary/aromatic N) is 1. The SMILES string of the molecule is CC(Cc1cccs1)N(C)c1cccc(F)c1C(=O)O. The van der Waals surface area contributed by atoms with E-state index in [1.165, 1.54) is 17.0 Å². The van der Waals surface area contributed by atoms with Crippen LogP contribution in [0, 0.1) is 5.82 Å². The monoisotopic (exact) mass is 293 g/mol. The molecule has 0 saturated carbocycles. The van der Waals surface area contributed by atoms with Crippen LogP contribution < -0.4 is 4.90 Å². The number of halogens is 1. The lowest BCUT2D eigenvalue weighted by atomic mass is 10.1. The highest BCUT2D eigenvalue weighted by molar-refractivity contribution is 7.09. The molecule has 0 spiro atoms. The average Bonchev–Trinajstić information content (AvgIpc) is 2.89. The van der Waals surface area contributed by atoms with E-state index in [0.717, 1.165) is 6.42 Å². The van der Waals surface area contributed by atoms with Crippen LogP contribution in [0.1, 0.15) is 22.2 Å². The number of carbonyl (C=O) groups is 1. The summed E-state index contributed by atoms with van der Waals surface area (Å²) in [6.07, 6.45) is 0.795. The van der Waals surface area contributed by atoms with E-state index in [9.17, 15) is 9.18 Å². The minimum absolute atomic E-state index is 0.0774. The van der Waals surface area contributed by atoms with Crippen LogP contribution in [0.3, 0.4) is 0 Å². The van der Waals surface area contributed by atoms with Crippen molar-refractivity contribution in [1.82, 2.24) is 0 Å². The van der Waals surface area contributed by atoms with Crippen molar-refractivity contribution in [3.05, 3.63) is 52.0 Å². The molecule has 1 atom stereocenters. The van der Waals surface area contributed by atoms with Crippen molar-refractivity contribution in [3.63, 3.8) is 0 Å². The molecule has 0 aliphatic carbocycles. The van der Waals surface area contributed by atoms with Gasteiger partial charge in [-0.2, -0.15) is 0 Å². The van der Waals surface area contributed by atoms with Gasteiger partial charge in [-0.1, -0.05) is 12.1 Å². The third kappa shape index (κ3) is 2.99. The molecule has 2 aromatic rings. The molecular formula is C15H16FNO2S. The fraction of sp³-hybridized carbons (Fsp3) is 0.267. The largest absolute Gasteiger partial charge is 0.478 e. The number of rotatable bonds is 5. The summed E-state index contributed by atoms with van der Waals surface area (Å²) >= 11 is 1.66. The molecule has 3 nitrogen and oxygen atoms in total. The molecule has 1 aromatic heterocycles. The van der Waals surface area contributed by atoms with E-state index in [2.05, 4.69) is 0 Å². The minimum atomic E-state index is -1.24. The summed E-state index contributed by atoms with van der Waals surface area (Å²) in [4.78, 5) is 14.3.